The third-order valence-corrected chi connectivity index (χ3v) is 4.96. The molecule has 2 aromatic rings. The fourth-order valence-corrected chi connectivity index (χ4v) is 3.28. The molecule has 0 saturated carbocycles. The molecule has 0 radical (unpaired) electrons. The van der Waals surface area contributed by atoms with Crippen LogP contribution in [0.2, 0.25) is 0 Å². The normalized spacial score (nSPS) is 14.3. The minimum atomic E-state index is -0.0598. The zero-order valence-electron chi connectivity index (χ0n) is 16.9. The highest BCUT2D eigenvalue weighted by Crippen LogP contribution is 2.23. The number of rotatable bonds is 7. The lowest BCUT2D eigenvalue weighted by molar-refractivity contribution is -0.122. The first-order valence-corrected chi connectivity index (χ1v) is 9.64. The van der Waals surface area contributed by atoms with E-state index in [9.17, 15) is 9.59 Å². The van der Waals surface area contributed by atoms with Crippen molar-refractivity contribution in [1.82, 2.24) is 15.1 Å². The van der Waals surface area contributed by atoms with Crippen molar-refractivity contribution in [2.45, 2.75) is 6.54 Å². The van der Waals surface area contributed by atoms with Gasteiger partial charge in [0.1, 0.15) is 11.5 Å². The highest BCUT2D eigenvalue weighted by molar-refractivity contribution is 5.95. The summed E-state index contributed by atoms with van der Waals surface area (Å²) in [6, 6.07) is 15.0. The Kier molecular flexibility index (Phi) is 7.08. The number of amides is 2. The van der Waals surface area contributed by atoms with E-state index < -0.39 is 0 Å². The van der Waals surface area contributed by atoms with Gasteiger partial charge < -0.3 is 19.7 Å². The summed E-state index contributed by atoms with van der Waals surface area (Å²) in [5.41, 5.74) is 1.61. The summed E-state index contributed by atoms with van der Waals surface area (Å²) in [4.78, 5) is 28.9. The van der Waals surface area contributed by atoms with Crippen molar-refractivity contribution in [2.24, 2.45) is 0 Å². The second kappa shape index (κ2) is 9.93. The molecule has 2 amide bonds. The van der Waals surface area contributed by atoms with Crippen molar-refractivity contribution in [3.63, 3.8) is 0 Å². The predicted octanol–water partition coefficient (Wildman–Crippen LogP) is 1.78. The van der Waals surface area contributed by atoms with E-state index in [-0.39, 0.29) is 11.8 Å². The van der Waals surface area contributed by atoms with E-state index in [0.717, 1.165) is 5.56 Å². The molecule has 7 nitrogen and oxygen atoms in total. The molecule has 0 atom stereocenters. The van der Waals surface area contributed by atoms with E-state index in [4.69, 9.17) is 9.47 Å². The van der Waals surface area contributed by atoms with Crippen molar-refractivity contribution >= 4 is 11.8 Å². The Morgan fingerprint density at radius 1 is 0.931 bits per heavy atom. The van der Waals surface area contributed by atoms with Gasteiger partial charge in [-0.1, -0.05) is 30.3 Å². The van der Waals surface area contributed by atoms with E-state index in [1.54, 1.807) is 37.3 Å². The molecular weight excluding hydrogens is 370 g/mol. The van der Waals surface area contributed by atoms with Gasteiger partial charge >= 0.3 is 0 Å². The Bertz CT molecular complexity index is 811. The Morgan fingerprint density at radius 2 is 1.55 bits per heavy atom. The molecule has 1 fully saturated rings. The second-order valence-electron chi connectivity index (χ2n) is 6.93. The molecule has 0 unspecified atom stereocenters. The quantitative estimate of drug-likeness (QED) is 0.771. The SMILES string of the molecule is COc1cc(OC)cc(C(=O)N2CCN(CC(=O)NCc3ccccc3)CC2)c1. The molecule has 1 aliphatic heterocycles. The maximum atomic E-state index is 12.8. The minimum Gasteiger partial charge on any atom is -0.497 e. The van der Waals surface area contributed by atoms with Crippen LogP contribution < -0.4 is 14.8 Å². The number of piperazine rings is 1. The van der Waals surface area contributed by atoms with Gasteiger partial charge in [0.2, 0.25) is 5.91 Å². The first-order chi connectivity index (χ1) is 14.1. The molecule has 1 aliphatic rings. The van der Waals surface area contributed by atoms with Crippen LogP contribution in [0.3, 0.4) is 0 Å². The fourth-order valence-electron chi connectivity index (χ4n) is 3.28. The van der Waals surface area contributed by atoms with Crippen LogP contribution in [0, 0.1) is 0 Å². The lowest BCUT2D eigenvalue weighted by atomic mass is 10.1. The maximum absolute atomic E-state index is 12.8. The number of carbonyl (C=O) groups is 2. The van der Waals surface area contributed by atoms with Gasteiger partial charge in [-0.25, -0.2) is 0 Å². The van der Waals surface area contributed by atoms with Crippen LogP contribution in [0.15, 0.2) is 48.5 Å². The minimum absolute atomic E-state index is 0.00818. The Balaban J connectivity index is 1.48. The number of nitrogens with zero attached hydrogens (tertiary/aromatic N) is 2. The largest absolute Gasteiger partial charge is 0.497 e. The number of hydrogen-bond donors (Lipinski definition) is 1. The van der Waals surface area contributed by atoms with Gasteiger partial charge in [-0.2, -0.15) is 0 Å². The van der Waals surface area contributed by atoms with Gasteiger partial charge in [-0.05, 0) is 17.7 Å². The second-order valence-corrected chi connectivity index (χ2v) is 6.93. The van der Waals surface area contributed by atoms with Gasteiger partial charge in [0, 0.05) is 44.4 Å². The molecule has 0 bridgehead atoms. The Labute approximate surface area is 171 Å². The lowest BCUT2D eigenvalue weighted by Crippen LogP contribution is -2.51. The summed E-state index contributed by atoms with van der Waals surface area (Å²) in [6.07, 6.45) is 0. The van der Waals surface area contributed by atoms with Crippen LogP contribution in [0.25, 0.3) is 0 Å². The molecule has 7 heteroatoms. The monoisotopic (exact) mass is 397 g/mol. The Morgan fingerprint density at radius 3 is 2.14 bits per heavy atom. The average molecular weight is 397 g/mol. The number of nitrogens with one attached hydrogen (secondary N) is 1. The summed E-state index contributed by atoms with van der Waals surface area (Å²) in [6.45, 7) is 3.32. The van der Waals surface area contributed by atoms with Gasteiger partial charge in [0.25, 0.3) is 5.91 Å². The summed E-state index contributed by atoms with van der Waals surface area (Å²) in [5.74, 6) is 1.10. The molecular formula is C22H27N3O4. The van der Waals surface area contributed by atoms with E-state index >= 15 is 0 Å². The van der Waals surface area contributed by atoms with Crippen molar-refractivity contribution in [1.29, 1.82) is 0 Å². The van der Waals surface area contributed by atoms with E-state index in [0.29, 0.717) is 56.3 Å². The van der Waals surface area contributed by atoms with Crippen LogP contribution in [0.4, 0.5) is 0 Å². The van der Waals surface area contributed by atoms with Crippen molar-refractivity contribution < 1.29 is 19.1 Å². The molecule has 3 rings (SSSR count). The van der Waals surface area contributed by atoms with Gasteiger partial charge in [0.05, 0.1) is 20.8 Å². The third kappa shape index (κ3) is 5.71. The standard InChI is InChI=1S/C22H27N3O4/c1-28-19-12-18(13-20(14-19)29-2)22(27)25-10-8-24(9-11-25)16-21(26)23-15-17-6-4-3-5-7-17/h3-7,12-14H,8-11,15-16H2,1-2H3,(H,23,26). The van der Waals surface area contributed by atoms with E-state index in [2.05, 4.69) is 10.2 Å². The van der Waals surface area contributed by atoms with Crippen molar-refractivity contribution in [2.75, 3.05) is 46.9 Å². The van der Waals surface area contributed by atoms with Crippen LogP contribution in [0.5, 0.6) is 11.5 Å². The Hall–Kier alpha value is -3.06. The maximum Gasteiger partial charge on any atom is 0.254 e. The number of benzene rings is 2. The average Bonchev–Trinajstić information content (AvgIpc) is 2.78. The zero-order valence-corrected chi connectivity index (χ0v) is 16.9. The van der Waals surface area contributed by atoms with Gasteiger partial charge in [-0.15, -0.1) is 0 Å². The van der Waals surface area contributed by atoms with Crippen LogP contribution in [-0.2, 0) is 11.3 Å². The van der Waals surface area contributed by atoms with Crippen LogP contribution in [0.1, 0.15) is 15.9 Å². The predicted molar refractivity (Wildman–Crippen MR) is 110 cm³/mol. The van der Waals surface area contributed by atoms with Crippen LogP contribution >= 0.6 is 0 Å². The molecule has 154 valence electrons. The van der Waals surface area contributed by atoms with Gasteiger partial charge in [0.15, 0.2) is 0 Å². The highest BCUT2D eigenvalue weighted by atomic mass is 16.5. The number of hydrogen-bond acceptors (Lipinski definition) is 5. The molecule has 2 aromatic carbocycles. The smallest absolute Gasteiger partial charge is 0.254 e. The zero-order chi connectivity index (χ0) is 20.6. The number of ether oxygens (including phenoxy) is 2. The topological polar surface area (TPSA) is 71.1 Å². The molecule has 0 aliphatic carbocycles. The van der Waals surface area contributed by atoms with E-state index in [1.165, 1.54) is 0 Å². The van der Waals surface area contributed by atoms with Crippen molar-refractivity contribution in [3.05, 3.63) is 59.7 Å². The summed E-state index contributed by atoms with van der Waals surface area (Å²) in [7, 11) is 3.12. The van der Waals surface area contributed by atoms with Crippen LogP contribution in [-0.4, -0.2) is 68.6 Å². The number of carbonyl (C=O) groups excluding carboxylic acids is 2. The summed E-state index contributed by atoms with van der Waals surface area (Å²) < 4.78 is 10.5. The molecule has 1 N–H and O–H groups in total. The molecule has 0 aromatic heterocycles. The number of methoxy groups -OCH3 is 2. The van der Waals surface area contributed by atoms with Crippen molar-refractivity contribution in [3.8, 4) is 11.5 Å². The fraction of sp³-hybridized carbons (Fsp3) is 0.364. The summed E-state index contributed by atoms with van der Waals surface area (Å²) in [5, 5.41) is 2.94. The molecule has 1 heterocycles. The first kappa shape index (κ1) is 20.7. The van der Waals surface area contributed by atoms with Gasteiger partial charge in [-0.3, -0.25) is 14.5 Å². The first-order valence-electron chi connectivity index (χ1n) is 9.64. The molecule has 1 saturated heterocycles. The molecule has 0 spiro atoms. The van der Waals surface area contributed by atoms with E-state index in [1.807, 2.05) is 30.3 Å². The highest BCUT2D eigenvalue weighted by Gasteiger charge is 2.24. The molecule has 29 heavy (non-hydrogen) atoms. The third-order valence-electron chi connectivity index (χ3n) is 4.96. The summed E-state index contributed by atoms with van der Waals surface area (Å²) >= 11 is 0. The lowest BCUT2D eigenvalue weighted by Gasteiger charge is -2.34.